The zero-order chi connectivity index (χ0) is 28.2. The molecule has 0 saturated carbocycles. The minimum absolute atomic E-state index is 0.0182. The minimum Gasteiger partial charge on any atom is -0.494 e. The van der Waals surface area contributed by atoms with Crippen LogP contribution >= 0.6 is 0 Å². The molecule has 3 aromatic rings. The number of rotatable bonds is 9. The Hall–Kier alpha value is -4.35. The van der Waals surface area contributed by atoms with Crippen LogP contribution in [0.25, 0.3) is 11.4 Å². The molecule has 39 heavy (non-hydrogen) atoms. The van der Waals surface area contributed by atoms with E-state index in [1.165, 1.54) is 30.8 Å². The molecule has 4 N–H and O–H groups in total. The van der Waals surface area contributed by atoms with Gasteiger partial charge in [-0.1, -0.05) is 11.2 Å². The Kier molecular flexibility index (Phi) is 8.22. The lowest BCUT2D eigenvalue weighted by molar-refractivity contribution is 0.0995. The molecule has 3 heterocycles. The highest BCUT2D eigenvalue weighted by Crippen LogP contribution is 2.37. The summed E-state index contributed by atoms with van der Waals surface area (Å²) in [5.41, 5.74) is 6.35. The molecule has 1 fully saturated rings. The van der Waals surface area contributed by atoms with E-state index in [1.807, 2.05) is 4.90 Å². The van der Waals surface area contributed by atoms with E-state index in [9.17, 15) is 18.0 Å². The normalized spacial score (nSPS) is 14.5. The number of amides is 2. The van der Waals surface area contributed by atoms with Gasteiger partial charge in [0.05, 0.1) is 44.0 Å². The van der Waals surface area contributed by atoms with Gasteiger partial charge in [-0.2, -0.15) is 9.29 Å². The summed E-state index contributed by atoms with van der Waals surface area (Å²) in [6.07, 6.45) is 0.424. The molecular weight excluding hydrogens is 534 g/mol. The molecular formula is C22H27N9O7S. The first-order valence-corrected chi connectivity index (χ1v) is 13.4. The van der Waals surface area contributed by atoms with Crippen LogP contribution in [0.1, 0.15) is 16.4 Å². The van der Waals surface area contributed by atoms with Gasteiger partial charge in [0.1, 0.15) is 0 Å². The molecule has 0 aliphatic carbocycles. The number of nitrogens with two attached hydrogens (primary N) is 1. The summed E-state index contributed by atoms with van der Waals surface area (Å²) in [6.45, 7) is 2.18. The van der Waals surface area contributed by atoms with E-state index in [0.717, 1.165) is 0 Å². The number of hydrogen-bond donors (Lipinski definition) is 3. The van der Waals surface area contributed by atoms with Crippen LogP contribution in [-0.2, 0) is 21.3 Å². The van der Waals surface area contributed by atoms with Gasteiger partial charge in [0.15, 0.2) is 17.3 Å². The number of methoxy groups -OCH3 is 2. The van der Waals surface area contributed by atoms with E-state index in [1.54, 1.807) is 18.2 Å². The number of hydrogen-bond acceptors (Lipinski definition) is 13. The molecule has 1 saturated heterocycles. The summed E-state index contributed by atoms with van der Waals surface area (Å²) >= 11 is 0. The summed E-state index contributed by atoms with van der Waals surface area (Å²) < 4.78 is 40.5. The average Bonchev–Trinajstić information content (AvgIpc) is 3.36. The first-order valence-electron chi connectivity index (χ1n) is 11.6. The third-order valence-corrected chi connectivity index (χ3v) is 7.10. The molecule has 0 unspecified atom stereocenters. The summed E-state index contributed by atoms with van der Waals surface area (Å²) in [6, 6.07) is 6.50. The molecule has 1 aliphatic rings. The molecule has 0 atom stereocenters. The molecule has 1 aliphatic heterocycles. The third kappa shape index (κ3) is 6.57. The minimum atomic E-state index is -3.23. The number of anilines is 3. The summed E-state index contributed by atoms with van der Waals surface area (Å²) in [5, 5.41) is 17.0. The maximum atomic E-state index is 11.9. The van der Waals surface area contributed by atoms with Crippen molar-refractivity contribution in [2.45, 2.75) is 6.54 Å². The Bertz CT molecular complexity index is 1470. The number of para-hydroxylation sites is 1. The first-order chi connectivity index (χ1) is 18.6. The molecule has 2 aromatic heterocycles. The fourth-order valence-corrected chi connectivity index (χ4v) is 4.73. The number of carbonyl (C=O) groups is 2. The lowest BCUT2D eigenvalue weighted by Gasteiger charge is -2.32. The Morgan fingerprint density at radius 1 is 1.13 bits per heavy atom. The topological polar surface area (TPSA) is 208 Å². The third-order valence-electron chi connectivity index (χ3n) is 5.80. The smallest absolute Gasteiger partial charge is 0.412 e. The van der Waals surface area contributed by atoms with Crippen molar-refractivity contribution in [3.05, 3.63) is 35.9 Å². The quantitative estimate of drug-likeness (QED) is 0.328. The van der Waals surface area contributed by atoms with Crippen molar-refractivity contribution in [2.24, 2.45) is 5.73 Å². The van der Waals surface area contributed by atoms with Crippen LogP contribution in [0.4, 0.5) is 22.0 Å². The summed E-state index contributed by atoms with van der Waals surface area (Å²) in [4.78, 5) is 30.0. The number of piperazine rings is 1. The number of carbonyl (C=O) groups excluding carboxylic acids is 2. The highest BCUT2D eigenvalue weighted by atomic mass is 32.2. The largest absolute Gasteiger partial charge is 0.494 e. The maximum absolute atomic E-state index is 11.9. The van der Waals surface area contributed by atoms with E-state index in [2.05, 4.69) is 35.7 Å². The van der Waals surface area contributed by atoms with Crippen LogP contribution in [-0.4, -0.2) is 96.6 Å². The molecule has 2 amide bonds. The number of primary amides is 1. The lowest BCUT2D eigenvalue weighted by atomic mass is 10.1. The van der Waals surface area contributed by atoms with Crippen LogP contribution in [0.15, 0.2) is 28.8 Å². The second-order valence-electron chi connectivity index (χ2n) is 8.43. The SMILES string of the molecule is COC(=O)Nc1cc(Nc2cccc(-c3noc(CN4CCN(S(C)(=O)=O)CC4)n3)c2OC)c(C(N)=O)nn1. The highest BCUT2D eigenvalue weighted by molar-refractivity contribution is 7.88. The monoisotopic (exact) mass is 561 g/mol. The van der Waals surface area contributed by atoms with Gasteiger partial charge >= 0.3 is 6.09 Å². The van der Waals surface area contributed by atoms with E-state index in [4.69, 9.17) is 15.0 Å². The zero-order valence-electron chi connectivity index (χ0n) is 21.4. The number of sulfonamides is 1. The predicted octanol–water partition coefficient (Wildman–Crippen LogP) is 0.633. The van der Waals surface area contributed by atoms with E-state index < -0.39 is 22.0 Å². The van der Waals surface area contributed by atoms with Gasteiger partial charge in [0.25, 0.3) is 5.91 Å². The number of nitrogens with zero attached hydrogens (tertiary/aromatic N) is 6. The van der Waals surface area contributed by atoms with Crippen LogP contribution in [0.2, 0.25) is 0 Å². The van der Waals surface area contributed by atoms with Gasteiger partial charge in [0, 0.05) is 32.2 Å². The second-order valence-corrected chi connectivity index (χ2v) is 10.4. The van der Waals surface area contributed by atoms with Crippen molar-refractivity contribution in [2.75, 3.05) is 57.3 Å². The fraction of sp³-hybridized carbons (Fsp3) is 0.364. The van der Waals surface area contributed by atoms with E-state index in [0.29, 0.717) is 55.6 Å². The van der Waals surface area contributed by atoms with Crippen LogP contribution < -0.4 is 21.1 Å². The zero-order valence-corrected chi connectivity index (χ0v) is 22.2. The molecule has 16 nitrogen and oxygen atoms in total. The Balaban J connectivity index is 1.55. The molecule has 0 bridgehead atoms. The molecule has 0 radical (unpaired) electrons. The van der Waals surface area contributed by atoms with Crippen LogP contribution in [0.3, 0.4) is 0 Å². The molecule has 0 spiro atoms. The van der Waals surface area contributed by atoms with E-state index in [-0.39, 0.29) is 23.0 Å². The Labute approximate surface area is 223 Å². The molecule has 208 valence electrons. The Morgan fingerprint density at radius 2 is 1.87 bits per heavy atom. The number of aromatic nitrogens is 4. The van der Waals surface area contributed by atoms with Crippen molar-refractivity contribution in [3.8, 4) is 17.1 Å². The predicted molar refractivity (Wildman–Crippen MR) is 138 cm³/mol. The average molecular weight is 562 g/mol. The first kappa shape index (κ1) is 27.7. The van der Waals surface area contributed by atoms with Crippen molar-refractivity contribution in [1.82, 2.24) is 29.5 Å². The van der Waals surface area contributed by atoms with Crippen LogP contribution in [0.5, 0.6) is 5.75 Å². The highest BCUT2D eigenvalue weighted by Gasteiger charge is 2.25. The van der Waals surface area contributed by atoms with Crippen molar-refractivity contribution in [1.29, 1.82) is 0 Å². The molecule has 17 heteroatoms. The number of benzene rings is 1. The van der Waals surface area contributed by atoms with Gasteiger partial charge in [-0.05, 0) is 12.1 Å². The van der Waals surface area contributed by atoms with Gasteiger partial charge in [-0.25, -0.2) is 13.2 Å². The van der Waals surface area contributed by atoms with E-state index >= 15 is 0 Å². The standard InChI is InChI=1S/C22H27N9O7S/c1-36-19-13(21-26-17(38-29-21)12-30-7-9-31(10-8-30)39(3,34)35)5-4-6-14(19)24-15-11-16(25-22(33)37-2)27-28-18(15)20(23)32/h4-6,11H,7-10,12H2,1-3H3,(H2,23,32)(H2,24,25,27,33). The second kappa shape index (κ2) is 11.6. The van der Waals surface area contributed by atoms with Crippen molar-refractivity contribution in [3.63, 3.8) is 0 Å². The van der Waals surface area contributed by atoms with Gasteiger partial charge in [-0.3, -0.25) is 15.0 Å². The number of nitrogens with one attached hydrogen (secondary N) is 2. The molecule has 4 rings (SSSR count). The Morgan fingerprint density at radius 3 is 2.51 bits per heavy atom. The maximum Gasteiger partial charge on any atom is 0.412 e. The van der Waals surface area contributed by atoms with Crippen LogP contribution in [0, 0.1) is 0 Å². The summed E-state index contributed by atoms with van der Waals surface area (Å²) in [7, 11) is -0.579. The van der Waals surface area contributed by atoms with Gasteiger partial charge in [-0.15, -0.1) is 10.2 Å². The number of ether oxygens (including phenoxy) is 2. The fourth-order valence-electron chi connectivity index (χ4n) is 3.90. The van der Waals surface area contributed by atoms with Gasteiger partial charge < -0.3 is 25.0 Å². The van der Waals surface area contributed by atoms with Gasteiger partial charge in [0.2, 0.25) is 21.7 Å². The summed E-state index contributed by atoms with van der Waals surface area (Å²) in [5.74, 6) is 0.123. The lowest BCUT2D eigenvalue weighted by Crippen LogP contribution is -2.47. The molecule has 1 aromatic carbocycles. The van der Waals surface area contributed by atoms with Crippen molar-refractivity contribution >= 4 is 39.2 Å². The van der Waals surface area contributed by atoms with Crippen molar-refractivity contribution < 1.29 is 32.0 Å².